The van der Waals surface area contributed by atoms with Gasteiger partial charge in [-0.2, -0.15) is 0 Å². The summed E-state index contributed by atoms with van der Waals surface area (Å²) in [7, 11) is 3.46. The summed E-state index contributed by atoms with van der Waals surface area (Å²) in [5.41, 5.74) is 2.54. The summed E-state index contributed by atoms with van der Waals surface area (Å²) in [6.45, 7) is 4.47. The van der Waals surface area contributed by atoms with Gasteiger partial charge in [-0.15, -0.1) is 24.0 Å². The maximum Gasteiger partial charge on any atom is 0.269 e. The van der Waals surface area contributed by atoms with Gasteiger partial charge in [0.2, 0.25) is 0 Å². The van der Waals surface area contributed by atoms with Gasteiger partial charge in [0.25, 0.3) is 11.6 Å². The second-order valence-corrected chi connectivity index (χ2v) is 6.75. The predicted molar refractivity (Wildman–Crippen MR) is 134 cm³/mol. The molecule has 0 aromatic heterocycles. The zero-order valence-electron chi connectivity index (χ0n) is 17.9. The van der Waals surface area contributed by atoms with Crippen molar-refractivity contribution in [3.05, 3.63) is 69.8 Å². The third-order valence-electron chi connectivity index (χ3n) is 4.20. The summed E-state index contributed by atoms with van der Waals surface area (Å²) < 4.78 is 0. The lowest BCUT2D eigenvalue weighted by Gasteiger charge is -2.13. The van der Waals surface area contributed by atoms with E-state index in [4.69, 9.17) is 0 Å². The number of benzene rings is 2. The lowest BCUT2D eigenvalue weighted by atomic mass is 10.1. The summed E-state index contributed by atoms with van der Waals surface area (Å²) in [4.78, 5) is 28.3. The third kappa shape index (κ3) is 8.79. The number of amides is 1. The van der Waals surface area contributed by atoms with Crippen LogP contribution in [0.4, 0.5) is 11.4 Å². The second kappa shape index (κ2) is 13.4. The van der Waals surface area contributed by atoms with Gasteiger partial charge < -0.3 is 20.9 Å². The highest BCUT2D eigenvalue weighted by atomic mass is 127. The molecule has 0 fully saturated rings. The van der Waals surface area contributed by atoms with Gasteiger partial charge in [0, 0.05) is 57.1 Å². The average Bonchev–Trinajstić information content (AvgIpc) is 2.75. The van der Waals surface area contributed by atoms with Crippen molar-refractivity contribution in [3.63, 3.8) is 0 Å². The van der Waals surface area contributed by atoms with Gasteiger partial charge in [-0.3, -0.25) is 14.9 Å². The van der Waals surface area contributed by atoms with E-state index in [9.17, 15) is 14.9 Å². The Hall–Kier alpha value is -2.89. The van der Waals surface area contributed by atoms with Gasteiger partial charge in [-0.25, -0.2) is 4.99 Å². The van der Waals surface area contributed by atoms with E-state index in [0.717, 1.165) is 17.8 Å². The number of anilines is 1. The molecule has 0 aliphatic heterocycles. The molecule has 0 atom stereocenters. The van der Waals surface area contributed by atoms with Crippen LogP contribution >= 0.6 is 24.0 Å². The zero-order chi connectivity index (χ0) is 21.9. The van der Waals surface area contributed by atoms with Crippen LogP contribution in [0.2, 0.25) is 0 Å². The van der Waals surface area contributed by atoms with Crippen LogP contribution in [-0.4, -0.2) is 55.4 Å². The van der Waals surface area contributed by atoms with Gasteiger partial charge in [-0.1, -0.05) is 12.1 Å². The molecule has 2 rings (SSSR count). The summed E-state index contributed by atoms with van der Waals surface area (Å²) in [5.74, 6) is 0.664. The molecule has 0 spiro atoms. The second-order valence-electron chi connectivity index (χ2n) is 6.75. The molecule has 0 aliphatic carbocycles. The van der Waals surface area contributed by atoms with Crippen molar-refractivity contribution in [2.24, 2.45) is 4.99 Å². The van der Waals surface area contributed by atoms with E-state index >= 15 is 0 Å². The number of aliphatic imine (C=N–C) groups is 1. The molecular weight excluding hydrogens is 511 g/mol. The molecule has 0 bridgehead atoms. The molecule has 3 N–H and O–H groups in total. The molecule has 0 saturated carbocycles. The lowest BCUT2D eigenvalue weighted by Crippen LogP contribution is -2.39. The van der Waals surface area contributed by atoms with Crippen LogP contribution < -0.4 is 16.0 Å². The van der Waals surface area contributed by atoms with Crippen molar-refractivity contribution in [2.75, 3.05) is 39.0 Å². The number of guanidine groups is 1. The molecule has 31 heavy (non-hydrogen) atoms. The Balaban J connectivity index is 0.00000480. The normalized spacial score (nSPS) is 10.6. The maximum atomic E-state index is 11.9. The zero-order valence-corrected chi connectivity index (χ0v) is 20.3. The molecule has 2 aromatic rings. The standard InChI is InChI=1S/C21H28N6O3.HI/c1-4-22-21(24-14-13-23-18-9-11-19(12-10-18)27(29)30)25-15-16-5-7-17(8-6-16)20(28)26(2)3;/h5-12,23H,4,13-15H2,1-3H3,(H2,22,24,25);1H. The molecule has 0 unspecified atom stereocenters. The minimum atomic E-state index is -0.419. The Morgan fingerprint density at radius 2 is 1.68 bits per heavy atom. The predicted octanol–water partition coefficient (Wildman–Crippen LogP) is 3.08. The van der Waals surface area contributed by atoms with E-state index in [1.807, 2.05) is 31.2 Å². The van der Waals surface area contributed by atoms with Gasteiger partial charge in [0.1, 0.15) is 0 Å². The van der Waals surface area contributed by atoms with Crippen molar-refractivity contribution in [1.29, 1.82) is 0 Å². The Kier molecular flexibility index (Phi) is 11.3. The number of non-ortho nitro benzene ring substituents is 1. The number of nitro groups is 1. The van der Waals surface area contributed by atoms with Gasteiger partial charge in [-0.05, 0) is 36.8 Å². The van der Waals surface area contributed by atoms with Gasteiger partial charge in [0.15, 0.2) is 5.96 Å². The number of rotatable bonds is 9. The first-order chi connectivity index (χ1) is 14.4. The summed E-state index contributed by atoms with van der Waals surface area (Å²) in [5, 5.41) is 20.3. The van der Waals surface area contributed by atoms with Crippen molar-refractivity contribution in [2.45, 2.75) is 13.5 Å². The number of nitro benzene ring substituents is 1. The van der Waals surface area contributed by atoms with Crippen molar-refractivity contribution >= 4 is 47.2 Å². The number of carbonyl (C=O) groups is 1. The maximum absolute atomic E-state index is 11.9. The number of hydrogen-bond donors (Lipinski definition) is 3. The van der Waals surface area contributed by atoms with Crippen LogP contribution in [-0.2, 0) is 6.54 Å². The topological polar surface area (TPSA) is 112 Å². The number of hydrogen-bond acceptors (Lipinski definition) is 5. The van der Waals surface area contributed by atoms with Gasteiger partial charge >= 0.3 is 0 Å². The molecule has 0 radical (unpaired) electrons. The van der Waals surface area contributed by atoms with E-state index in [1.54, 1.807) is 31.1 Å². The third-order valence-corrected chi connectivity index (χ3v) is 4.20. The molecule has 0 aliphatic rings. The Morgan fingerprint density at radius 3 is 2.23 bits per heavy atom. The average molecular weight is 540 g/mol. The van der Waals surface area contributed by atoms with Crippen LogP contribution in [0, 0.1) is 10.1 Å². The summed E-state index contributed by atoms with van der Waals surface area (Å²) in [6.07, 6.45) is 0. The first kappa shape index (κ1) is 26.1. The fourth-order valence-electron chi connectivity index (χ4n) is 2.61. The van der Waals surface area contributed by atoms with Crippen LogP contribution in [0.3, 0.4) is 0 Å². The highest BCUT2D eigenvalue weighted by Gasteiger charge is 2.07. The van der Waals surface area contributed by atoms with E-state index < -0.39 is 4.92 Å². The molecule has 2 aromatic carbocycles. The van der Waals surface area contributed by atoms with Gasteiger partial charge in [0.05, 0.1) is 11.5 Å². The van der Waals surface area contributed by atoms with E-state index in [2.05, 4.69) is 20.9 Å². The van der Waals surface area contributed by atoms with Crippen molar-refractivity contribution in [1.82, 2.24) is 15.5 Å². The number of nitrogens with one attached hydrogen (secondary N) is 3. The molecular formula is C21H29IN6O3. The van der Waals surface area contributed by atoms with Crippen LogP contribution in [0.25, 0.3) is 0 Å². The lowest BCUT2D eigenvalue weighted by molar-refractivity contribution is -0.384. The monoisotopic (exact) mass is 540 g/mol. The number of nitrogens with zero attached hydrogens (tertiary/aromatic N) is 3. The molecule has 1 amide bonds. The minimum absolute atomic E-state index is 0. The van der Waals surface area contributed by atoms with Crippen LogP contribution in [0.15, 0.2) is 53.5 Å². The van der Waals surface area contributed by atoms with E-state index in [0.29, 0.717) is 31.2 Å². The summed E-state index contributed by atoms with van der Waals surface area (Å²) in [6, 6.07) is 13.7. The fourth-order valence-corrected chi connectivity index (χ4v) is 2.61. The molecule has 168 valence electrons. The largest absolute Gasteiger partial charge is 0.383 e. The highest BCUT2D eigenvalue weighted by Crippen LogP contribution is 2.14. The fraction of sp³-hybridized carbons (Fsp3) is 0.333. The van der Waals surface area contributed by atoms with Crippen molar-refractivity contribution < 1.29 is 9.72 Å². The van der Waals surface area contributed by atoms with E-state index in [1.165, 1.54) is 12.1 Å². The van der Waals surface area contributed by atoms with Crippen LogP contribution in [0.5, 0.6) is 0 Å². The van der Waals surface area contributed by atoms with Crippen molar-refractivity contribution in [3.8, 4) is 0 Å². The highest BCUT2D eigenvalue weighted by molar-refractivity contribution is 14.0. The first-order valence-electron chi connectivity index (χ1n) is 9.71. The number of carbonyl (C=O) groups excluding carboxylic acids is 1. The number of halogens is 1. The molecule has 0 heterocycles. The SMILES string of the molecule is CCNC(=NCc1ccc(C(=O)N(C)C)cc1)NCCNc1ccc([N+](=O)[O-])cc1.I. The Labute approximate surface area is 199 Å². The first-order valence-corrected chi connectivity index (χ1v) is 9.71. The molecule has 9 nitrogen and oxygen atoms in total. The van der Waals surface area contributed by atoms with Crippen LogP contribution in [0.1, 0.15) is 22.8 Å². The minimum Gasteiger partial charge on any atom is -0.383 e. The molecule has 0 saturated heterocycles. The Morgan fingerprint density at radius 1 is 1.03 bits per heavy atom. The summed E-state index contributed by atoms with van der Waals surface area (Å²) >= 11 is 0. The molecule has 10 heteroatoms. The smallest absolute Gasteiger partial charge is 0.269 e. The Bertz CT molecular complexity index is 870. The van der Waals surface area contributed by atoms with E-state index in [-0.39, 0.29) is 35.6 Å². The quantitative estimate of drug-likeness (QED) is 0.113.